The second-order valence-corrected chi connectivity index (χ2v) is 4.81. The number of carbonyl (C=O) groups is 3. The third-order valence-electron chi connectivity index (χ3n) is 3.00. The zero-order valence-corrected chi connectivity index (χ0v) is 13.5. The van der Waals surface area contributed by atoms with Crippen LogP contribution in [0.5, 0.6) is 0 Å². The summed E-state index contributed by atoms with van der Waals surface area (Å²) in [5.41, 5.74) is 7.22. The Labute approximate surface area is 139 Å². The van der Waals surface area contributed by atoms with Crippen molar-refractivity contribution < 1.29 is 29.3 Å². The van der Waals surface area contributed by atoms with Crippen LogP contribution in [0.4, 0.5) is 0 Å². The minimum Gasteiger partial charge on any atom is -0.481 e. The number of ether oxygens (including phenoxy) is 1. The van der Waals surface area contributed by atoms with Crippen LogP contribution in [-0.4, -0.2) is 40.8 Å². The molecule has 0 unspecified atom stereocenters. The minimum atomic E-state index is -1.06. The lowest BCUT2D eigenvalue weighted by atomic mass is 9.96. The molecule has 0 aromatic heterocycles. The van der Waals surface area contributed by atoms with Gasteiger partial charge in [0.1, 0.15) is 6.04 Å². The van der Waals surface area contributed by atoms with Gasteiger partial charge in [-0.3, -0.25) is 14.4 Å². The fourth-order valence-corrected chi connectivity index (χ4v) is 2.06. The van der Waals surface area contributed by atoms with E-state index >= 15 is 0 Å². The van der Waals surface area contributed by atoms with Crippen molar-refractivity contribution in [3.8, 4) is 0 Å². The number of esters is 1. The van der Waals surface area contributed by atoms with Gasteiger partial charge < -0.3 is 20.7 Å². The SMILES string of the molecule is CCOC(=O)[C@@H](N)Cc1ccc(CC(=O)O)c(CC(=O)O)c1.Cl. The highest BCUT2D eigenvalue weighted by molar-refractivity contribution is 5.85. The summed E-state index contributed by atoms with van der Waals surface area (Å²) in [6.45, 7) is 1.91. The minimum absolute atomic E-state index is 0. The Kier molecular flexibility index (Phi) is 8.90. The third kappa shape index (κ3) is 7.12. The van der Waals surface area contributed by atoms with Gasteiger partial charge in [0, 0.05) is 0 Å². The second kappa shape index (κ2) is 9.81. The topological polar surface area (TPSA) is 127 Å². The summed E-state index contributed by atoms with van der Waals surface area (Å²) in [7, 11) is 0. The Morgan fingerprint density at radius 3 is 2.22 bits per heavy atom. The molecule has 0 aliphatic carbocycles. The Morgan fingerprint density at radius 2 is 1.70 bits per heavy atom. The number of carboxylic acids is 2. The summed E-state index contributed by atoms with van der Waals surface area (Å²) < 4.78 is 4.81. The Bertz CT molecular complexity index is 575. The van der Waals surface area contributed by atoms with E-state index < -0.39 is 23.9 Å². The smallest absolute Gasteiger partial charge is 0.323 e. The largest absolute Gasteiger partial charge is 0.481 e. The van der Waals surface area contributed by atoms with E-state index in [4.69, 9.17) is 20.7 Å². The quantitative estimate of drug-likeness (QED) is 0.594. The highest BCUT2D eigenvalue weighted by Gasteiger charge is 2.17. The summed E-state index contributed by atoms with van der Waals surface area (Å²) in [6, 6.07) is 3.93. The van der Waals surface area contributed by atoms with Crippen LogP contribution in [0.15, 0.2) is 18.2 Å². The van der Waals surface area contributed by atoms with Crippen molar-refractivity contribution in [2.24, 2.45) is 5.73 Å². The van der Waals surface area contributed by atoms with Crippen LogP contribution in [0.3, 0.4) is 0 Å². The zero-order valence-electron chi connectivity index (χ0n) is 12.7. The summed E-state index contributed by atoms with van der Waals surface area (Å²) in [5.74, 6) is -2.63. The van der Waals surface area contributed by atoms with E-state index in [9.17, 15) is 14.4 Å². The molecule has 128 valence electrons. The molecule has 0 radical (unpaired) electrons. The fraction of sp³-hybridized carbons (Fsp3) is 0.400. The molecule has 0 amide bonds. The van der Waals surface area contributed by atoms with Crippen molar-refractivity contribution in [2.75, 3.05) is 6.61 Å². The number of carboxylic acid groups (broad SMARTS) is 2. The summed E-state index contributed by atoms with van der Waals surface area (Å²) >= 11 is 0. The molecule has 1 rings (SSSR count). The molecule has 0 bridgehead atoms. The van der Waals surface area contributed by atoms with Gasteiger partial charge in [0.2, 0.25) is 0 Å². The molecule has 0 aliphatic heterocycles. The maximum absolute atomic E-state index is 11.5. The van der Waals surface area contributed by atoms with Crippen LogP contribution >= 0.6 is 12.4 Å². The van der Waals surface area contributed by atoms with E-state index in [2.05, 4.69) is 0 Å². The van der Waals surface area contributed by atoms with E-state index in [-0.39, 0.29) is 38.3 Å². The van der Waals surface area contributed by atoms with Gasteiger partial charge in [0.05, 0.1) is 19.4 Å². The molecule has 1 aromatic carbocycles. The van der Waals surface area contributed by atoms with Crippen LogP contribution in [0.25, 0.3) is 0 Å². The van der Waals surface area contributed by atoms with Gasteiger partial charge >= 0.3 is 17.9 Å². The number of hydrogen-bond acceptors (Lipinski definition) is 5. The van der Waals surface area contributed by atoms with Gasteiger partial charge in [-0.15, -0.1) is 12.4 Å². The van der Waals surface area contributed by atoms with Gasteiger partial charge in [0.15, 0.2) is 0 Å². The maximum Gasteiger partial charge on any atom is 0.323 e. The van der Waals surface area contributed by atoms with Crippen molar-refractivity contribution >= 4 is 30.3 Å². The van der Waals surface area contributed by atoms with Gasteiger partial charge in [-0.05, 0) is 30.0 Å². The van der Waals surface area contributed by atoms with E-state index in [1.807, 2.05) is 0 Å². The van der Waals surface area contributed by atoms with Crippen molar-refractivity contribution in [1.82, 2.24) is 0 Å². The molecule has 0 saturated heterocycles. The molecule has 0 spiro atoms. The fourth-order valence-electron chi connectivity index (χ4n) is 2.06. The van der Waals surface area contributed by atoms with Crippen LogP contribution in [0.1, 0.15) is 23.6 Å². The lowest BCUT2D eigenvalue weighted by Crippen LogP contribution is -2.34. The molecular weight excluding hydrogens is 326 g/mol. The van der Waals surface area contributed by atoms with Crippen molar-refractivity contribution in [3.05, 3.63) is 34.9 Å². The number of nitrogens with two attached hydrogens (primary N) is 1. The predicted molar refractivity (Wildman–Crippen MR) is 84.7 cm³/mol. The molecule has 0 heterocycles. The second-order valence-electron chi connectivity index (χ2n) is 4.81. The first-order valence-corrected chi connectivity index (χ1v) is 6.80. The third-order valence-corrected chi connectivity index (χ3v) is 3.00. The van der Waals surface area contributed by atoms with E-state index in [1.165, 1.54) is 0 Å². The maximum atomic E-state index is 11.5. The van der Waals surface area contributed by atoms with Crippen LogP contribution in [-0.2, 0) is 38.4 Å². The molecule has 0 fully saturated rings. The number of aliphatic carboxylic acids is 2. The Balaban J connectivity index is 0.00000484. The van der Waals surface area contributed by atoms with Gasteiger partial charge in [-0.2, -0.15) is 0 Å². The predicted octanol–water partition coefficient (Wildman–Crippen LogP) is 0.796. The summed E-state index contributed by atoms with van der Waals surface area (Å²) in [4.78, 5) is 33.2. The molecule has 23 heavy (non-hydrogen) atoms. The highest BCUT2D eigenvalue weighted by Crippen LogP contribution is 2.16. The zero-order chi connectivity index (χ0) is 16.7. The first-order valence-electron chi connectivity index (χ1n) is 6.80. The van der Waals surface area contributed by atoms with Crippen LogP contribution in [0.2, 0.25) is 0 Å². The van der Waals surface area contributed by atoms with Crippen molar-refractivity contribution in [2.45, 2.75) is 32.2 Å². The van der Waals surface area contributed by atoms with E-state index in [0.29, 0.717) is 16.7 Å². The van der Waals surface area contributed by atoms with Gasteiger partial charge in [-0.25, -0.2) is 0 Å². The first kappa shape index (κ1) is 20.9. The number of halogens is 1. The first-order chi connectivity index (χ1) is 10.3. The van der Waals surface area contributed by atoms with Crippen LogP contribution < -0.4 is 5.73 Å². The van der Waals surface area contributed by atoms with E-state index in [1.54, 1.807) is 25.1 Å². The van der Waals surface area contributed by atoms with Crippen LogP contribution in [0, 0.1) is 0 Å². The molecule has 1 aromatic rings. The number of hydrogen-bond donors (Lipinski definition) is 3. The average Bonchev–Trinajstić information content (AvgIpc) is 2.40. The van der Waals surface area contributed by atoms with Gasteiger partial charge in [-0.1, -0.05) is 18.2 Å². The molecule has 8 heteroatoms. The molecule has 0 saturated carbocycles. The Hall–Kier alpha value is -2.12. The van der Waals surface area contributed by atoms with Crippen molar-refractivity contribution in [3.63, 3.8) is 0 Å². The molecule has 0 aliphatic rings. The van der Waals surface area contributed by atoms with E-state index in [0.717, 1.165) is 0 Å². The van der Waals surface area contributed by atoms with Crippen molar-refractivity contribution in [1.29, 1.82) is 0 Å². The molecular formula is C15H20ClNO6. The average molecular weight is 346 g/mol. The normalized spacial score (nSPS) is 11.2. The lowest BCUT2D eigenvalue weighted by Gasteiger charge is -2.13. The number of benzene rings is 1. The number of carbonyl (C=O) groups excluding carboxylic acids is 1. The highest BCUT2D eigenvalue weighted by atomic mass is 35.5. The molecule has 1 atom stereocenters. The Morgan fingerprint density at radius 1 is 1.13 bits per heavy atom. The standard InChI is InChI=1S/C15H19NO6.ClH/c1-2-22-15(21)12(16)6-9-3-4-10(7-13(17)18)11(5-9)8-14(19)20;/h3-5,12H,2,6-8,16H2,1H3,(H,17,18)(H,19,20);1H/t12-;/m0./s1. The number of rotatable bonds is 8. The molecule has 7 nitrogen and oxygen atoms in total. The van der Waals surface area contributed by atoms with Gasteiger partial charge in [0.25, 0.3) is 0 Å². The lowest BCUT2D eigenvalue weighted by molar-refractivity contribution is -0.144. The summed E-state index contributed by atoms with van der Waals surface area (Å²) in [5, 5.41) is 17.8. The summed E-state index contributed by atoms with van der Waals surface area (Å²) in [6.07, 6.45) is -0.350. The monoisotopic (exact) mass is 345 g/mol. The molecule has 4 N–H and O–H groups in total.